The molecule has 3 atom stereocenters. The number of unbranched alkanes of at least 4 members (excludes halogenated alkanes) is 24. The molecule has 0 spiro atoms. The van der Waals surface area contributed by atoms with Gasteiger partial charge in [0, 0.05) is 19.3 Å². The highest BCUT2D eigenvalue weighted by Crippen LogP contribution is 2.43. The quantitative estimate of drug-likeness (QED) is 0.0197. The Bertz CT molecular complexity index is 1680. The zero-order valence-corrected chi connectivity index (χ0v) is 50.5. The maximum atomic E-state index is 12.9. The maximum absolute atomic E-state index is 12.9. The summed E-state index contributed by atoms with van der Waals surface area (Å²) < 4.78 is 39.6. The molecule has 0 saturated heterocycles. The Morgan fingerprint density at radius 2 is 0.679 bits per heavy atom. The van der Waals surface area contributed by atoms with Gasteiger partial charge in [0.25, 0.3) is 0 Å². The second kappa shape index (κ2) is 59.5. The normalized spacial score (nSPS) is 14.0. The third-order valence-corrected chi connectivity index (χ3v) is 14.0. The molecule has 0 aliphatic carbocycles. The highest BCUT2D eigenvalue weighted by atomic mass is 31.2. The van der Waals surface area contributed by atoms with Gasteiger partial charge in [0.05, 0.1) is 19.8 Å². The van der Waals surface area contributed by atoms with Gasteiger partial charge in [0.2, 0.25) is 0 Å². The second-order valence-corrected chi connectivity index (χ2v) is 21.9. The van der Waals surface area contributed by atoms with Crippen molar-refractivity contribution in [3.8, 4) is 0 Å². The van der Waals surface area contributed by atoms with Crippen LogP contribution in [0.3, 0.4) is 0 Å². The van der Waals surface area contributed by atoms with E-state index in [4.69, 9.17) is 23.3 Å². The lowest BCUT2D eigenvalue weighted by molar-refractivity contribution is -0.161. The Morgan fingerprint density at radius 3 is 1.08 bits per heavy atom. The summed E-state index contributed by atoms with van der Waals surface area (Å²) in [6.45, 7) is 4.36. The minimum absolute atomic E-state index is 0.0860. The van der Waals surface area contributed by atoms with E-state index in [1.165, 1.54) is 96.3 Å². The number of rotatable bonds is 57. The number of hydrogen-bond acceptors (Lipinski definition) is 10. The molecular formula is C66H113O11P. The fraction of sp³-hybridized carbons (Fsp3) is 0.712. The molecule has 11 nitrogen and oxygen atoms in total. The van der Waals surface area contributed by atoms with Gasteiger partial charge in [-0.3, -0.25) is 23.4 Å². The van der Waals surface area contributed by atoms with Gasteiger partial charge in [0.1, 0.15) is 12.7 Å². The van der Waals surface area contributed by atoms with Crippen molar-refractivity contribution in [3.63, 3.8) is 0 Å². The van der Waals surface area contributed by atoms with Crippen LogP contribution in [-0.2, 0) is 42.2 Å². The van der Waals surface area contributed by atoms with Gasteiger partial charge >= 0.3 is 25.7 Å². The van der Waals surface area contributed by atoms with Gasteiger partial charge in [-0.25, -0.2) is 4.57 Å². The Morgan fingerprint density at radius 1 is 0.372 bits per heavy atom. The number of carbonyl (C=O) groups excluding carboxylic acids is 3. The molecule has 0 aromatic heterocycles. The molecule has 0 aromatic carbocycles. The van der Waals surface area contributed by atoms with Crippen molar-refractivity contribution in [2.45, 2.75) is 277 Å². The average Bonchev–Trinajstić information content (AvgIpc) is 3.43. The van der Waals surface area contributed by atoms with E-state index in [0.29, 0.717) is 25.7 Å². The molecule has 0 bridgehead atoms. The molecule has 3 unspecified atom stereocenters. The zero-order chi connectivity index (χ0) is 56.9. The molecule has 12 heteroatoms. The van der Waals surface area contributed by atoms with Gasteiger partial charge < -0.3 is 24.2 Å². The minimum Gasteiger partial charge on any atom is -0.462 e. The Balaban J connectivity index is 4.78. The number of ether oxygens (including phenoxy) is 3. The molecule has 448 valence electrons. The van der Waals surface area contributed by atoms with Crippen LogP contribution < -0.4 is 0 Å². The molecule has 0 aromatic rings. The summed E-state index contributed by atoms with van der Waals surface area (Å²) in [5.74, 6) is -1.55. The number of esters is 3. The highest BCUT2D eigenvalue weighted by molar-refractivity contribution is 7.47. The average molecular weight is 1110 g/mol. The fourth-order valence-electron chi connectivity index (χ4n) is 8.35. The first kappa shape index (κ1) is 74.4. The van der Waals surface area contributed by atoms with E-state index in [1.54, 1.807) is 0 Å². The van der Waals surface area contributed by atoms with Crippen molar-refractivity contribution in [2.75, 3.05) is 26.4 Å². The van der Waals surface area contributed by atoms with Crippen LogP contribution in [0.4, 0.5) is 0 Å². The number of carbonyl (C=O) groups is 3. The first-order chi connectivity index (χ1) is 38.2. The van der Waals surface area contributed by atoms with Gasteiger partial charge in [-0.05, 0) is 89.9 Å². The molecule has 0 radical (unpaired) electrons. The van der Waals surface area contributed by atoms with Gasteiger partial charge in [-0.2, -0.15) is 0 Å². The molecule has 0 rings (SSSR count). The summed E-state index contributed by atoms with van der Waals surface area (Å²) in [5.41, 5.74) is 0. The number of aliphatic hydroxyl groups is 1. The lowest BCUT2D eigenvalue weighted by Crippen LogP contribution is -2.30. The van der Waals surface area contributed by atoms with Crippen molar-refractivity contribution in [1.82, 2.24) is 0 Å². The van der Waals surface area contributed by atoms with Crippen LogP contribution in [0.1, 0.15) is 265 Å². The lowest BCUT2D eigenvalue weighted by Gasteiger charge is -2.21. The number of allylic oxidation sites excluding steroid dienone is 16. The third-order valence-electron chi connectivity index (χ3n) is 13.0. The van der Waals surface area contributed by atoms with Gasteiger partial charge in [-0.1, -0.05) is 253 Å². The van der Waals surface area contributed by atoms with Crippen LogP contribution in [0.15, 0.2) is 97.2 Å². The topological polar surface area (TPSA) is 155 Å². The second-order valence-electron chi connectivity index (χ2n) is 20.5. The van der Waals surface area contributed by atoms with E-state index >= 15 is 0 Å². The van der Waals surface area contributed by atoms with Crippen molar-refractivity contribution < 1.29 is 52.2 Å². The SMILES string of the molecule is CC/C=C\C/C=C\C/C=C\C/C=C\C/C=C\CCCC(=O)OC(COC(=O)CCCCCCCCCCCCCCCCCCCCC)COP(=O)(O)OCC(CO)OC(=O)CCCCCCC/C=C\C/C=C\C/C=C\CC. The zero-order valence-electron chi connectivity index (χ0n) is 49.6. The summed E-state index contributed by atoms with van der Waals surface area (Å²) in [4.78, 5) is 48.7. The van der Waals surface area contributed by atoms with Crippen LogP contribution in [0, 0.1) is 0 Å². The molecule has 0 fully saturated rings. The van der Waals surface area contributed by atoms with Crippen LogP contribution in [0.2, 0.25) is 0 Å². The molecule has 78 heavy (non-hydrogen) atoms. The van der Waals surface area contributed by atoms with E-state index in [2.05, 4.69) is 106 Å². The molecular weight excluding hydrogens is 1000 g/mol. The largest absolute Gasteiger partial charge is 0.472 e. The smallest absolute Gasteiger partial charge is 0.462 e. The number of aliphatic hydroxyl groups excluding tert-OH is 1. The first-order valence-electron chi connectivity index (χ1n) is 31.1. The summed E-state index contributed by atoms with van der Waals surface area (Å²) in [7, 11) is -4.77. The number of phosphoric ester groups is 1. The summed E-state index contributed by atoms with van der Waals surface area (Å²) >= 11 is 0. The van der Waals surface area contributed by atoms with Crippen molar-refractivity contribution in [2.24, 2.45) is 0 Å². The molecule has 0 heterocycles. The standard InChI is InChI=1S/C66H113O11P/c1-4-7-10-13-16-19-22-25-28-30-31-33-35-37-40-43-46-49-52-55-64(68)73-59-63(77-66(70)57-54-51-48-45-42-39-36-32-29-26-23-20-17-14-11-8-5-2)61-75-78(71,72)74-60-62(58-67)76-65(69)56-53-50-47-44-41-38-34-27-24-21-18-15-12-9-6-3/h8-9,11-12,17-18,20-21,26-27,29,34,36,39,45,48,62-63,67H,4-7,10,13-16,19,22-25,28,30-33,35,37-38,40-44,46-47,49-61H2,1-3H3,(H,71,72)/b11-8-,12-9-,20-17-,21-18-,29-26-,34-27-,39-36-,48-45-. The summed E-state index contributed by atoms with van der Waals surface area (Å²) in [5, 5.41) is 9.83. The number of phosphoric acid groups is 1. The summed E-state index contributed by atoms with van der Waals surface area (Å²) in [6, 6.07) is 0. The molecule has 0 saturated carbocycles. The van der Waals surface area contributed by atoms with E-state index in [1.807, 2.05) is 12.2 Å². The van der Waals surface area contributed by atoms with Crippen molar-refractivity contribution in [3.05, 3.63) is 97.2 Å². The molecule has 2 N–H and O–H groups in total. The van der Waals surface area contributed by atoms with E-state index < -0.39 is 57.8 Å². The fourth-order valence-corrected chi connectivity index (χ4v) is 9.13. The monoisotopic (exact) mass is 1110 g/mol. The Kier molecular flexibility index (Phi) is 56.8. The summed E-state index contributed by atoms with van der Waals surface area (Å²) in [6.07, 6.45) is 70.9. The lowest BCUT2D eigenvalue weighted by atomic mass is 10.0. The third kappa shape index (κ3) is 57.1. The van der Waals surface area contributed by atoms with Crippen LogP contribution in [0.5, 0.6) is 0 Å². The molecule has 0 aliphatic rings. The first-order valence-corrected chi connectivity index (χ1v) is 32.6. The van der Waals surface area contributed by atoms with Gasteiger partial charge in [0.15, 0.2) is 6.10 Å². The predicted molar refractivity (Wildman–Crippen MR) is 325 cm³/mol. The Labute approximate surface area is 476 Å². The van der Waals surface area contributed by atoms with Crippen molar-refractivity contribution >= 4 is 25.7 Å². The van der Waals surface area contributed by atoms with Crippen LogP contribution in [0.25, 0.3) is 0 Å². The highest BCUT2D eigenvalue weighted by Gasteiger charge is 2.28. The maximum Gasteiger partial charge on any atom is 0.472 e. The van der Waals surface area contributed by atoms with E-state index in [9.17, 15) is 28.9 Å². The molecule has 0 amide bonds. The van der Waals surface area contributed by atoms with Crippen LogP contribution in [-0.4, -0.2) is 66.5 Å². The molecule has 0 aliphatic heterocycles. The van der Waals surface area contributed by atoms with E-state index in [0.717, 1.165) is 103 Å². The van der Waals surface area contributed by atoms with E-state index in [-0.39, 0.29) is 25.9 Å². The Hall–Kier alpha value is -3.60. The minimum atomic E-state index is -4.77. The van der Waals surface area contributed by atoms with Crippen molar-refractivity contribution in [1.29, 1.82) is 0 Å². The number of hydrogen-bond donors (Lipinski definition) is 2. The van der Waals surface area contributed by atoms with Gasteiger partial charge in [-0.15, -0.1) is 0 Å². The van der Waals surface area contributed by atoms with Crippen LogP contribution >= 0.6 is 7.82 Å². The predicted octanol–water partition coefficient (Wildman–Crippen LogP) is 18.8.